The SMILES string of the molecule is COc1ccc2c(Cc3cc(F)cc(C(=O)O)c3)c(-c3ccccc3)[nH]c2c1. The number of nitrogens with one attached hydrogen (secondary N) is 1. The van der Waals surface area contributed by atoms with Crippen LogP contribution < -0.4 is 4.74 Å². The maximum Gasteiger partial charge on any atom is 0.335 e. The normalized spacial score (nSPS) is 10.9. The van der Waals surface area contributed by atoms with E-state index in [-0.39, 0.29) is 5.56 Å². The molecule has 4 nitrogen and oxygen atoms in total. The van der Waals surface area contributed by atoms with E-state index in [1.165, 1.54) is 12.1 Å². The molecule has 2 N–H and O–H groups in total. The van der Waals surface area contributed by atoms with Crippen LogP contribution in [0.25, 0.3) is 22.2 Å². The summed E-state index contributed by atoms with van der Waals surface area (Å²) in [7, 11) is 1.61. The molecule has 0 fully saturated rings. The number of hydrogen-bond acceptors (Lipinski definition) is 2. The van der Waals surface area contributed by atoms with Gasteiger partial charge in [0.05, 0.1) is 18.4 Å². The number of aromatic carboxylic acids is 1. The molecule has 0 amide bonds. The molecule has 5 heteroatoms. The molecule has 0 spiro atoms. The molecule has 0 bridgehead atoms. The Morgan fingerprint density at radius 3 is 2.57 bits per heavy atom. The smallest absolute Gasteiger partial charge is 0.335 e. The van der Waals surface area contributed by atoms with Crippen molar-refractivity contribution in [1.82, 2.24) is 4.98 Å². The second-order valence-corrected chi connectivity index (χ2v) is 6.59. The lowest BCUT2D eigenvalue weighted by atomic mass is 9.97. The van der Waals surface area contributed by atoms with E-state index in [0.29, 0.717) is 12.0 Å². The third-order valence-electron chi connectivity index (χ3n) is 4.76. The van der Waals surface area contributed by atoms with Crippen LogP contribution >= 0.6 is 0 Å². The summed E-state index contributed by atoms with van der Waals surface area (Å²) in [4.78, 5) is 14.7. The minimum atomic E-state index is -1.15. The number of halogens is 1. The van der Waals surface area contributed by atoms with E-state index in [0.717, 1.165) is 39.5 Å². The number of benzene rings is 3. The van der Waals surface area contributed by atoms with Crippen LogP contribution in [0.15, 0.2) is 66.7 Å². The quantitative estimate of drug-likeness (QED) is 0.499. The number of carboxylic acid groups (broad SMARTS) is 1. The summed E-state index contributed by atoms with van der Waals surface area (Å²) in [5.74, 6) is -0.968. The first kappa shape index (κ1) is 17.8. The number of aromatic amines is 1. The number of rotatable bonds is 5. The Bertz CT molecular complexity index is 1170. The maximum absolute atomic E-state index is 14.0. The Kier molecular flexibility index (Phi) is 4.57. The summed E-state index contributed by atoms with van der Waals surface area (Å²) in [6.45, 7) is 0. The first-order chi connectivity index (χ1) is 13.5. The van der Waals surface area contributed by atoms with Gasteiger partial charge in [-0.05, 0) is 47.0 Å². The molecule has 1 heterocycles. The van der Waals surface area contributed by atoms with Gasteiger partial charge in [-0.2, -0.15) is 0 Å². The second kappa shape index (κ2) is 7.19. The predicted octanol–water partition coefficient (Wildman–Crippen LogP) is 5.27. The lowest BCUT2D eigenvalue weighted by Crippen LogP contribution is -2.00. The van der Waals surface area contributed by atoms with Crippen LogP contribution in [0.1, 0.15) is 21.5 Å². The molecule has 0 radical (unpaired) electrons. The number of carboxylic acids is 1. The number of carbonyl (C=O) groups is 1. The largest absolute Gasteiger partial charge is 0.497 e. The lowest BCUT2D eigenvalue weighted by Gasteiger charge is -2.07. The predicted molar refractivity (Wildman–Crippen MR) is 106 cm³/mol. The average molecular weight is 375 g/mol. The van der Waals surface area contributed by atoms with Crippen molar-refractivity contribution < 1.29 is 19.0 Å². The fourth-order valence-electron chi connectivity index (χ4n) is 3.48. The van der Waals surface area contributed by atoms with E-state index in [4.69, 9.17) is 4.74 Å². The van der Waals surface area contributed by atoms with Crippen LogP contribution in [0.5, 0.6) is 5.75 Å². The third kappa shape index (κ3) is 3.34. The van der Waals surface area contributed by atoms with Gasteiger partial charge in [-0.1, -0.05) is 30.3 Å². The van der Waals surface area contributed by atoms with Gasteiger partial charge in [-0.25, -0.2) is 9.18 Å². The molecular weight excluding hydrogens is 357 g/mol. The standard InChI is InChI=1S/C23H18FNO3/c1-28-18-7-8-19-20(11-14-9-16(23(26)27)12-17(24)10-14)22(25-21(19)13-18)15-5-3-2-4-6-15/h2-10,12-13,25H,11H2,1H3,(H,26,27). The van der Waals surface area contributed by atoms with Crippen molar-refractivity contribution in [3.05, 3.63) is 89.2 Å². The van der Waals surface area contributed by atoms with Gasteiger partial charge in [0.1, 0.15) is 11.6 Å². The molecule has 4 aromatic rings. The molecule has 0 aliphatic rings. The molecule has 0 saturated carbocycles. The van der Waals surface area contributed by atoms with Crippen LogP contribution in [-0.2, 0) is 6.42 Å². The van der Waals surface area contributed by atoms with Gasteiger partial charge in [-0.15, -0.1) is 0 Å². The second-order valence-electron chi connectivity index (χ2n) is 6.59. The zero-order valence-electron chi connectivity index (χ0n) is 15.2. The van der Waals surface area contributed by atoms with Crippen LogP contribution in [0, 0.1) is 5.82 Å². The Balaban J connectivity index is 1.89. The van der Waals surface area contributed by atoms with Crippen LogP contribution in [0.4, 0.5) is 4.39 Å². The van der Waals surface area contributed by atoms with Gasteiger partial charge in [-0.3, -0.25) is 0 Å². The number of aromatic nitrogens is 1. The summed E-state index contributed by atoms with van der Waals surface area (Å²) < 4.78 is 19.3. The summed E-state index contributed by atoms with van der Waals surface area (Å²) in [6, 6.07) is 19.5. The van der Waals surface area contributed by atoms with Crippen molar-refractivity contribution in [3.8, 4) is 17.0 Å². The molecular formula is C23H18FNO3. The molecule has 0 saturated heterocycles. The van der Waals surface area contributed by atoms with Crippen LogP contribution in [0.2, 0.25) is 0 Å². The first-order valence-electron chi connectivity index (χ1n) is 8.82. The fourth-order valence-corrected chi connectivity index (χ4v) is 3.48. The third-order valence-corrected chi connectivity index (χ3v) is 4.76. The molecule has 0 aliphatic heterocycles. The van der Waals surface area contributed by atoms with E-state index in [2.05, 4.69) is 4.98 Å². The zero-order chi connectivity index (χ0) is 19.7. The number of hydrogen-bond donors (Lipinski definition) is 2. The zero-order valence-corrected chi connectivity index (χ0v) is 15.2. The van der Waals surface area contributed by atoms with Crippen molar-refractivity contribution in [2.24, 2.45) is 0 Å². The highest BCUT2D eigenvalue weighted by Crippen LogP contribution is 2.34. The molecule has 1 aromatic heterocycles. The van der Waals surface area contributed by atoms with Gasteiger partial charge in [0, 0.05) is 23.4 Å². The first-order valence-corrected chi connectivity index (χ1v) is 8.82. The van der Waals surface area contributed by atoms with E-state index >= 15 is 0 Å². The highest BCUT2D eigenvalue weighted by atomic mass is 19.1. The van der Waals surface area contributed by atoms with E-state index < -0.39 is 11.8 Å². The molecule has 3 aromatic carbocycles. The van der Waals surface area contributed by atoms with Crippen LogP contribution in [0.3, 0.4) is 0 Å². The van der Waals surface area contributed by atoms with Crippen molar-refractivity contribution in [1.29, 1.82) is 0 Å². The highest BCUT2D eigenvalue weighted by Gasteiger charge is 2.16. The minimum absolute atomic E-state index is 0.0576. The van der Waals surface area contributed by atoms with E-state index in [1.807, 2.05) is 48.5 Å². The van der Waals surface area contributed by atoms with Crippen molar-refractivity contribution in [2.45, 2.75) is 6.42 Å². The summed E-state index contributed by atoms with van der Waals surface area (Å²) in [6.07, 6.45) is 0.397. The van der Waals surface area contributed by atoms with Crippen molar-refractivity contribution in [2.75, 3.05) is 7.11 Å². The van der Waals surface area contributed by atoms with Gasteiger partial charge in [0.2, 0.25) is 0 Å². The number of ether oxygens (including phenoxy) is 1. The number of methoxy groups -OCH3 is 1. The highest BCUT2D eigenvalue weighted by molar-refractivity contribution is 5.92. The van der Waals surface area contributed by atoms with E-state index in [9.17, 15) is 14.3 Å². The van der Waals surface area contributed by atoms with Crippen LogP contribution in [-0.4, -0.2) is 23.2 Å². The Morgan fingerprint density at radius 1 is 1.07 bits per heavy atom. The molecule has 0 aliphatic carbocycles. The fraction of sp³-hybridized carbons (Fsp3) is 0.0870. The Morgan fingerprint density at radius 2 is 1.86 bits per heavy atom. The molecule has 4 rings (SSSR count). The lowest BCUT2D eigenvalue weighted by molar-refractivity contribution is 0.0696. The summed E-state index contributed by atoms with van der Waals surface area (Å²) >= 11 is 0. The monoisotopic (exact) mass is 375 g/mol. The summed E-state index contributed by atoms with van der Waals surface area (Å²) in [5.41, 5.74) is 4.35. The maximum atomic E-state index is 14.0. The number of H-pyrrole nitrogens is 1. The van der Waals surface area contributed by atoms with Gasteiger partial charge in [0.25, 0.3) is 0 Å². The van der Waals surface area contributed by atoms with Gasteiger partial charge >= 0.3 is 5.97 Å². The molecule has 0 unspecified atom stereocenters. The Labute approximate surface area is 161 Å². The molecule has 0 atom stereocenters. The Hall–Kier alpha value is -3.60. The van der Waals surface area contributed by atoms with Crippen molar-refractivity contribution in [3.63, 3.8) is 0 Å². The molecule has 140 valence electrons. The average Bonchev–Trinajstić information content (AvgIpc) is 3.05. The summed E-state index contributed by atoms with van der Waals surface area (Å²) in [5, 5.41) is 10.2. The van der Waals surface area contributed by atoms with Crippen molar-refractivity contribution >= 4 is 16.9 Å². The molecule has 28 heavy (non-hydrogen) atoms. The minimum Gasteiger partial charge on any atom is -0.497 e. The van der Waals surface area contributed by atoms with E-state index in [1.54, 1.807) is 7.11 Å². The van der Waals surface area contributed by atoms with Gasteiger partial charge < -0.3 is 14.8 Å². The topological polar surface area (TPSA) is 62.3 Å². The van der Waals surface area contributed by atoms with Gasteiger partial charge in [0.15, 0.2) is 0 Å². The number of fused-ring (bicyclic) bond motifs is 1.